The van der Waals surface area contributed by atoms with E-state index in [1.165, 1.54) is 0 Å². The molecule has 0 radical (unpaired) electrons. The van der Waals surface area contributed by atoms with Crippen molar-refractivity contribution in [3.8, 4) is 0 Å². The Labute approximate surface area is 123 Å². The molecule has 3 rings (SSSR count). The normalized spacial score (nSPS) is 19.6. The SMILES string of the molecule is Cc1nnc(CN2CCCC(C(=O)c3ccccn3)C2)o1. The Morgan fingerprint density at radius 2 is 2.33 bits per heavy atom. The van der Waals surface area contributed by atoms with Crippen LogP contribution >= 0.6 is 0 Å². The molecule has 1 fully saturated rings. The van der Waals surface area contributed by atoms with E-state index in [2.05, 4.69) is 20.1 Å². The van der Waals surface area contributed by atoms with Crippen molar-refractivity contribution >= 4 is 5.78 Å². The summed E-state index contributed by atoms with van der Waals surface area (Å²) in [6.45, 7) is 4.05. The molecule has 1 atom stereocenters. The van der Waals surface area contributed by atoms with E-state index in [9.17, 15) is 4.79 Å². The molecule has 3 heterocycles. The minimum atomic E-state index is -0.00216. The van der Waals surface area contributed by atoms with Crippen molar-refractivity contribution < 1.29 is 9.21 Å². The number of likely N-dealkylation sites (tertiary alicyclic amines) is 1. The second kappa shape index (κ2) is 6.13. The Bertz CT molecular complexity index is 611. The van der Waals surface area contributed by atoms with Crippen LogP contribution < -0.4 is 0 Å². The molecule has 1 aliphatic heterocycles. The predicted octanol–water partition coefficient (Wildman–Crippen LogP) is 1.87. The number of Topliss-reactive ketones (excluding diaryl/α,β-unsaturated/α-hetero) is 1. The van der Waals surface area contributed by atoms with E-state index in [4.69, 9.17) is 4.42 Å². The largest absolute Gasteiger partial charge is 0.424 e. The van der Waals surface area contributed by atoms with Gasteiger partial charge in [-0.3, -0.25) is 14.7 Å². The number of hydrogen-bond acceptors (Lipinski definition) is 6. The maximum atomic E-state index is 12.5. The smallest absolute Gasteiger partial charge is 0.230 e. The van der Waals surface area contributed by atoms with Gasteiger partial charge in [0.1, 0.15) is 5.69 Å². The monoisotopic (exact) mass is 286 g/mol. The molecule has 1 saturated heterocycles. The van der Waals surface area contributed by atoms with Crippen LogP contribution in [0.25, 0.3) is 0 Å². The van der Waals surface area contributed by atoms with Gasteiger partial charge in [-0.25, -0.2) is 0 Å². The maximum absolute atomic E-state index is 12.5. The van der Waals surface area contributed by atoms with Crippen molar-refractivity contribution in [2.75, 3.05) is 13.1 Å². The average Bonchev–Trinajstić information content (AvgIpc) is 2.93. The van der Waals surface area contributed by atoms with Crippen molar-refractivity contribution in [2.45, 2.75) is 26.3 Å². The summed E-state index contributed by atoms with van der Waals surface area (Å²) in [5.41, 5.74) is 0.554. The molecule has 0 saturated carbocycles. The standard InChI is InChI=1S/C15H18N4O2/c1-11-17-18-14(21-11)10-19-8-4-5-12(9-19)15(20)13-6-2-3-7-16-13/h2-3,6-7,12H,4-5,8-10H2,1H3. The highest BCUT2D eigenvalue weighted by Crippen LogP contribution is 2.21. The Hall–Kier alpha value is -2.08. The van der Waals surface area contributed by atoms with E-state index in [0.717, 1.165) is 25.9 Å². The summed E-state index contributed by atoms with van der Waals surface area (Å²) in [6.07, 6.45) is 3.57. The summed E-state index contributed by atoms with van der Waals surface area (Å²) >= 11 is 0. The Morgan fingerprint density at radius 1 is 1.43 bits per heavy atom. The Balaban J connectivity index is 1.64. The van der Waals surface area contributed by atoms with Crippen molar-refractivity contribution in [3.05, 3.63) is 41.9 Å². The van der Waals surface area contributed by atoms with Gasteiger partial charge >= 0.3 is 0 Å². The van der Waals surface area contributed by atoms with Gasteiger partial charge in [0, 0.05) is 25.6 Å². The topological polar surface area (TPSA) is 72.1 Å². The average molecular weight is 286 g/mol. The molecule has 2 aromatic heterocycles. The number of piperidine rings is 1. The van der Waals surface area contributed by atoms with Crippen LogP contribution in [0.1, 0.15) is 35.1 Å². The van der Waals surface area contributed by atoms with Gasteiger partial charge < -0.3 is 4.42 Å². The van der Waals surface area contributed by atoms with Gasteiger partial charge in [0.25, 0.3) is 0 Å². The first-order chi connectivity index (χ1) is 10.2. The fraction of sp³-hybridized carbons (Fsp3) is 0.467. The molecule has 6 heteroatoms. The van der Waals surface area contributed by atoms with E-state index in [1.807, 2.05) is 12.1 Å². The molecule has 0 bridgehead atoms. The minimum Gasteiger partial charge on any atom is -0.424 e. The lowest BCUT2D eigenvalue weighted by Crippen LogP contribution is -2.38. The lowest BCUT2D eigenvalue weighted by molar-refractivity contribution is 0.0794. The molecule has 0 spiro atoms. The van der Waals surface area contributed by atoms with Gasteiger partial charge in [0.05, 0.1) is 6.54 Å². The zero-order valence-corrected chi connectivity index (χ0v) is 12.0. The summed E-state index contributed by atoms with van der Waals surface area (Å²) in [7, 11) is 0. The Morgan fingerprint density at radius 3 is 3.05 bits per heavy atom. The third-order valence-corrected chi connectivity index (χ3v) is 3.72. The third kappa shape index (κ3) is 3.33. The second-order valence-electron chi connectivity index (χ2n) is 5.37. The number of hydrogen-bond donors (Lipinski definition) is 0. The highest BCUT2D eigenvalue weighted by atomic mass is 16.4. The number of rotatable bonds is 4. The molecule has 1 aliphatic rings. The zero-order chi connectivity index (χ0) is 14.7. The van der Waals surface area contributed by atoms with Gasteiger partial charge in [-0.05, 0) is 31.5 Å². The van der Waals surface area contributed by atoms with Gasteiger partial charge in [-0.15, -0.1) is 10.2 Å². The molecular formula is C15H18N4O2. The molecular weight excluding hydrogens is 268 g/mol. The minimum absolute atomic E-state index is 0.00216. The zero-order valence-electron chi connectivity index (χ0n) is 12.0. The summed E-state index contributed by atoms with van der Waals surface area (Å²) in [6, 6.07) is 5.45. The van der Waals surface area contributed by atoms with Crippen molar-refractivity contribution in [3.63, 3.8) is 0 Å². The number of aromatic nitrogens is 3. The third-order valence-electron chi connectivity index (χ3n) is 3.72. The number of aryl methyl sites for hydroxylation is 1. The van der Waals surface area contributed by atoms with E-state index in [0.29, 0.717) is 24.0 Å². The number of carbonyl (C=O) groups excluding carboxylic acids is 1. The Kier molecular flexibility index (Phi) is 4.06. The van der Waals surface area contributed by atoms with E-state index in [-0.39, 0.29) is 11.7 Å². The fourth-order valence-corrected chi connectivity index (χ4v) is 2.72. The van der Waals surface area contributed by atoms with Crippen LogP contribution in [0, 0.1) is 12.8 Å². The second-order valence-corrected chi connectivity index (χ2v) is 5.37. The van der Waals surface area contributed by atoms with Crippen LogP contribution in [-0.2, 0) is 6.54 Å². The lowest BCUT2D eigenvalue weighted by atomic mass is 9.92. The van der Waals surface area contributed by atoms with Crippen LogP contribution in [0.15, 0.2) is 28.8 Å². The first-order valence-electron chi connectivity index (χ1n) is 7.19. The van der Waals surface area contributed by atoms with Crippen LogP contribution in [0.4, 0.5) is 0 Å². The van der Waals surface area contributed by atoms with E-state index < -0.39 is 0 Å². The molecule has 1 unspecified atom stereocenters. The number of ketones is 1. The summed E-state index contributed by atoms with van der Waals surface area (Å²) < 4.78 is 5.41. The molecule has 0 amide bonds. The molecule has 0 aromatic carbocycles. The number of carbonyl (C=O) groups is 1. The van der Waals surface area contributed by atoms with Crippen molar-refractivity contribution in [1.82, 2.24) is 20.1 Å². The molecule has 2 aromatic rings. The van der Waals surface area contributed by atoms with Crippen LogP contribution in [-0.4, -0.2) is 39.0 Å². The highest BCUT2D eigenvalue weighted by Gasteiger charge is 2.27. The van der Waals surface area contributed by atoms with Crippen LogP contribution in [0.3, 0.4) is 0 Å². The van der Waals surface area contributed by atoms with E-state index >= 15 is 0 Å². The summed E-state index contributed by atoms with van der Waals surface area (Å²) in [4.78, 5) is 18.8. The fourth-order valence-electron chi connectivity index (χ4n) is 2.72. The lowest BCUT2D eigenvalue weighted by Gasteiger charge is -2.30. The van der Waals surface area contributed by atoms with Crippen LogP contribution in [0.2, 0.25) is 0 Å². The van der Waals surface area contributed by atoms with Crippen LogP contribution in [0.5, 0.6) is 0 Å². The number of pyridine rings is 1. The molecule has 0 N–H and O–H groups in total. The first-order valence-corrected chi connectivity index (χ1v) is 7.19. The predicted molar refractivity (Wildman–Crippen MR) is 75.6 cm³/mol. The highest BCUT2D eigenvalue weighted by molar-refractivity contribution is 5.96. The molecule has 6 nitrogen and oxygen atoms in total. The molecule has 110 valence electrons. The van der Waals surface area contributed by atoms with Crippen molar-refractivity contribution in [1.29, 1.82) is 0 Å². The van der Waals surface area contributed by atoms with Gasteiger partial charge in [-0.2, -0.15) is 0 Å². The molecule has 0 aliphatic carbocycles. The summed E-state index contributed by atoms with van der Waals surface area (Å²) in [5.74, 6) is 1.31. The van der Waals surface area contributed by atoms with Gasteiger partial charge in [0.15, 0.2) is 5.78 Å². The first kappa shape index (κ1) is 13.9. The summed E-state index contributed by atoms with van der Waals surface area (Å²) in [5, 5.41) is 7.85. The van der Waals surface area contributed by atoms with Crippen molar-refractivity contribution in [2.24, 2.45) is 5.92 Å². The van der Waals surface area contributed by atoms with Gasteiger partial charge in [0.2, 0.25) is 11.8 Å². The number of nitrogens with zero attached hydrogens (tertiary/aromatic N) is 4. The van der Waals surface area contributed by atoms with E-state index in [1.54, 1.807) is 19.2 Å². The quantitative estimate of drug-likeness (QED) is 0.799. The van der Waals surface area contributed by atoms with Gasteiger partial charge in [-0.1, -0.05) is 6.07 Å². The molecule has 21 heavy (non-hydrogen) atoms. The maximum Gasteiger partial charge on any atom is 0.230 e.